The number of likely N-dealkylation sites (tertiary alicyclic amines) is 2. The molecule has 9 heteroatoms. The van der Waals surface area contributed by atoms with Gasteiger partial charge >= 0.3 is 0 Å². The van der Waals surface area contributed by atoms with Crippen LogP contribution in [-0.2, 0) is 9.59 Å². The van der Waals surface area contributed by atoms with Crippen molar-refractivity contribution in [3.63, 3.8) is 0 Å². The number of hydrogen-bond donors (Lipinski definition) is 2. The fourth-order valence-corrected chi connectivity index (χ4v) is 3.83. The summed E-state index contributed by atoms with van der Waals surface area (Å²) in [5.74, 6) is 0.781. The molecule has 1 aromatic carbocycles. The van der Waals surface area contributed by atoms with Crippen molar-refractivity contribution in [1.29, 1.82) is 5.26 Å². The maximum Gasteiger partial charge on any atom is 0.247 e. The number of nitriles is 1. The van der Waals surface area contributed by atoms with Crippen molar-refractivity contribution in [3.05, 3.63) is 24.3 Å². The molecule has 0 aromatic heterocycles. The number of ether oxygens (including phenoxy) is 1. The summed E-state index contributed by atoms with van der Waals surface area (Å²) in [6.07, 6.45) is 6.15. The molecule has 166 valence electrons. The normalized spacial score (nSPS) is 19.5. The summed E-state index contributed by atoms with van der Waals surface area (Å²) in [7, 11) is 0. The highest BCUT2D eigenvalue weighted by Crippen LogP contribution is 2.18. The first-order valence-electron chi connectivity index (χ1n) is 10.9. The molecule has 0 spiro atoms. The average Bonchev–Trinajstić information content (AvgIpc) is 3.26. The molecule has 9 nitrogen and oxygen atoms in total. The van der Waals surface area contributed by atoms with Gasteiger partial charge in [-0.15, -0.1) is 0 Å². The summed E-state index contributed by atoms with van der Waals surface area (Å²) >= 11 is 0. The molecule has 2 heterocycles. The van der Waals surface area contributed by atoms with Gasteiger partial charge in [-0.2, -0.15) is 5.26 Å². The van der Waals surface area contributed by atoms with Crippen molar-refractivity contribution in [2.24, 2.45) is 4.99 Å². The van der Waals surface area contributed by atoms with Gasteiger partial charge in [0.1, 0.15) is 11.8 Å². The first-order chi connectivity index (χ1) is 15.1. The number of aliphatic imine (C=N–C) groups is 1. The van der Waals surface area contributed by atoms with Crippen molar-refractivity contribution in [3.8, 4) is 11.9 Å². The van der Waals surface area contributed by atoms with Crippen LogP contribution in [-0.4, -0.2) is 66.4 Å². The van der Waals surface area contributed by atoms with Crippen LogP contribution in [0.15, 0.2) is 29.3 Å². The molecule has 0 saturated carbocycles. The topological polar surface area (TPSA) is 110 Å². The van der Waals surface area contributed by atoms with Crippen LogP contribution >= 0.6 is 0 Å². The molecule has 2 fully saturated rings. The molecule has 1 unspecified atom stereocenters. The number of benzene rings is 1. The Balaban J connectivity index is 1.69. The minimum absolute atomic E-state index is 0.00151. The minimum Gasteiger partial charge on any atom is -0.494 e. The highest BCUT2D eigenvalue weighted by Gasteiger charge is 2.30. The van der Waals surface area contributed by atoms with Crippen LogP contribution in [0.25, 0.3) is 0 Å². The Morgan fingerprint density at radius 3 is 2.58 bits per heavy atom. The summed E-state index contributed by atoms with van der Waals surface area (Å²) in [5.41, 5.74) is 0.715. The van der Waals surface area contributed by atoms with Crippen LogP contribution in [0.3, 0.4) is 0 Å². The Bertz CT molecular complexity index is 827. The molecule has 2 aliphatic rings. The van der Waals surface area contributed by atoms with Gasteiger partial charge in [-0.3, -0.25) is 14.9 Å². The molecule has 31 heavy (non-hydrogen) atoms. The van der Waals surface area contributed by atoms with E-state index >= 15 is 0 Å². The van der Waals surface area contributed by atoms with E-state index in [0.717, 1.165) is 44.5 Å². The monoisotopic (exact) mass is 426 g/mol. The lowest BCUT2D eigenvalue weighted by Crippen LogP contribution is -2.45. The van der Waals surface area contributed by atoms with Gasteiger partial charge in [-0.05, 0) is 63.3 Å². The summed E-state index contributed by atoms with van der Waals surface area (Å²) in [6.45, 7) is 4.68. The molecular formula is C22H30N6O3. The van der Waals surface area contributed by atoms with Crippen molar-refractivity contribution >= 4 is 23.5 Å². The Morgan fingerprint density at radius 2 is 1.90 bits per heavy atom. The first-order valence-corrected chi connectivity index (χ1v) is 10.9. The van der Waals surface area contributed by atoms with Crippen molar-refractivity contribution < 1.29 is 14.3 Å². The quantitative estimate of drug-likeness (QED) is 0.311. The SMILES string of the molecule is CCOc1ccc(NC(=NC2CCCCN(CC(=O)N3CCCC3)C2=O)NC#N)cc1. The fraction of sp³-hybridized carbons (Fsp3) is 0.545. The fourth-order valence-electron chi connectivity index (χ4n) is 3.83. The third kappa shape index (κ3) is 6.35. The lowest BCUT2D eigenvalue weighted by atomic mass is 10.1. The van der Waals surface area contributed by atoms with E-state index in [1.165, 1.54) is 0 Å². The van der Waals surface area contributed by atoms with E-state index in [4.69, 9.17) is 10.00 Å². The number of guanidine groups is 1. The van der Waals surface area contributed by atoms with Crippen LogP contribution in [0, 0.1) is 11.5 Å². The van der Waals surface area contributed by atoms with Gasteiger partial charge in [0.25, 0.3) is 0 Å². The largest absolute Gasteiger partial charge is 0.494 e. The smallest absolute Gasteiger partial charge is 0.247 e. The molecule has 1 atom stereocenters. The highest BCUT2D eigenvalue weighted by atomic mass is 16.5. The molecule has 1 aromatic rings. The average molecular weight is 427 g/mol. The second-order valence-corrected chi connectivity index (χ2v) is 7.66. The third-order valence-corrected chi connectivity index (χ3v) is 5.42. The van der Waals surface area contributed by atoms with Gasteiger partial charge < -0.3 is 19.9 Å². The van der Waals surface area contributed by atoms with E-state index in [-0.39, 0.29) is 24.3 Å². The van der Waals surface area contributed by atoms with E-state index in [0.29, 0.717) is 25.3 Å². The van der Waals surface area contributed by atoms with Crippen LogP contribution in [0.4, 0.5) is 5.69 Å². The van der Waals surface area contributed by atoms with E-state index in [1.807, 2.05) is 42.3 Å². The number of carbonyl (C=O) groups is 2. The molecule has 2 saturated heterocycles. The van der Waals surface area contributed by atoms with Gasteiger partial charge in [0.15, 0.2) is 6.19 Å². The highest BCUT2D eigenvalue weighted by molar-refractivity contribution is 5.97. The number of hydrogen-bond acceptors (Lipinski definition) is 5. The standard InChI is InChI=1S/C22H30N6O3/c1-2-31-18-10-8-17(9-11-18)25-22(24-16-23)26-19-7-3-4-14-28(21(19)30)15-20(29)27-12-5-6-13-27/h8-11,19H,2-7,12-15H2,1H3,(H2,24,25,26). The van der Waals surface area contributed by atoms with Crippen LogP contribution in [0.1, 0.15) is 39.0 Å². The summed E-state index contributed by atoms with van der Waals surface area (Å²) in [4.78, 5) is 33.6. The van der Waals surface area contributed by atoms with Crippen molar-refractivity contribution in [2.75, 3.05) is 38.1 Å². The number of anilines is 1. The second-order valence-electron chi connectivity index (χ2n) is 7.66. The molecule has 0 radical (unpaired) electrons. The van der Waals surface area contributed by atoms with Gasteiger partial charge in [0.2, 0.25) is 17.8 Å². The predicted molar refractivity (Wildman–Crippen MR) is 117 cm³/mol. The summed E-state index contributed by atoms with van der Waals surface area (Å²) in [5, 5.41) is 14.7. The number of rotatable bonds is 6. The van der Waals surface area contributed by atoms with Gasteiger partial charge in [-0.1, -0.05) is 0 Å². The lowest BCUT2D eigenvalue weighted by molar-refractivity contribution is -0.140. The van der Waals surface area contributed by atoms with Crippen LogP contribution in [0.5, 0.6) is 5.75 Å². The molecular weight excluding hydrogens is 396 g/mol. The van der Waals surface area contributed by atoms with Crippen molar-refractivity contribution in [1.82, 2.24) is 15.1 Å². The van der Waals surface area contributed by atoms with E-state index < -0.39 is 6.04 Å². The zero-order chi connectivity index (χ0) is 22.1. The Morgan fingerprint density at radius 1 is 1.19 bits per heavy atom. The summed E-state index contributed by atoms with van der Waals surface area (Å²) in [6, 6.07) is 6.63. The lowest BCUT2D eigenvalue weighted by Gasteiger charge is -2.25. The van der Waals surface area contributed by atoms with Gasteiger partial charge in [-0.25, -0.2) is 4.99 Å². The first kappa shape index (κ1) is 22.4. The molecule has 0 bridgehead atoms. The molecule has 3 rings (SSSR count). The zero-order valence-electron chi connectivity index (χ0n) is 18.0. The minimum atomic E-state index is -0.639. The van der Waals surface area contributed by atoms with Crippen molar-refractivity contribution in [2.45, 2.75) is 45.1 Å². The van der Waals surface area contributed by atoms with E-state index in [1.54, 1.807) is 4.90 Å². The van der Waals surface area contributed by atoms with Gasteiger partial charge in [0.05, 0.1) is 13.2 Å². The predicted octanol–water partition coefficient (Wildman–Crippen LogP) is 1.93. The number of nitrogens with zero attached hydrogens (tertiary/aromatic N) is 4. The van der Waals surface area contributed by atoms with E-state index in [2.05, 4.69) is 15.6 Å². The van der Waals surface area contributed by atoms with Crippen LogP contribution in [0.2, 0.25) is 0 Å². The molecule has 0 aliphatic carbocycles. The Kier molecular flexibility index (Phi) is 8.10. The van der Waals surface area contributed by atoms with Gasteiger partial charge in [0, 0.05) is 25.3 Å². The third-order valence-electron chi connectivity index (χ3n) is 5.42. The number of carbonyl (C=O) groups excluding carboxylic acids is 2. The number of nitrogens with one attached hydrogen (secondary N) is 2. The van der Waals surface area contributed by atoms with E-state index in [9.17, 15) is 9.59 Å². The number of amides is 2. The second kappa shape index (κ2) is 11.2. The van der Waals surface area contributed by atoms with Crippen LogP contribution < -0.4 is 15.4 Å². The zero-order valence-corrected chi connectivity index (χ0v) is 18.0. The molecule has 2 amide bonds. The molecule has 2 aliphatic heterocycles. The maximum atomic E-state index is 13.1. The maximum absolute atomic E-state index is 13.1. The summed E-state index contributed by atoms with van der Waals surface area (Å²) < 4.78 is 5.44. The molecule has 2 N–H and O–H groups in total. The Labute approximate surface area is 183 Å². The Hall–Kier alpha value is -3.28.